The van der Waals surface area contributed by atoms with Crippen LogP contribution >= 0.6 is 0 Å². The van der Waals surface area contributed by atoms with Gasteiger partial charge in [-0.3, -0.25) is 0 Å². The third-order valence-electron chi connectivity index (χ3n) is 4.97. The lowest BCUT2D eigenvalue weighted by Crippen LogP contribution is -2.39. The van der Waals surface area contributed by atoms with Crippen molar-refractivity contribution in [3.63, 3.8) is 0 Å². The Morgan fingerprint density at radius 2 is 1.21 bits per heavy atom. The highest BCUT2D eigenvalue weighted by Crippen LogP contribution is 2.46. The van der Waals surface area contributed by atoms with Gasteiger partial charge < -0.3 is 0 Å². The average molecular weight is 198 g/mol. The summed E-state index contributed by atoms with van der Waals surface area (Å²) in [5.41, 5.74) is 0.482. The highest BCUT2D eigenvalue weighted by atomic mass is 14.4. The lowest BCUT2D eigenvalue weighted by Gasteiger charge is -2.46. The SMILES string of the molecule is CCC(C)C(C)C(C)(C(C)C)C(C)C. The van der Waals surface area contributed by atoms with Gasteiger partial charge in [0.05, 0.1) is 0 Å². The zero-order chi connectivity index (χ0) is 11.5. The smallest absolute Gasteiger partial charge is 0.0252 e. The molecule has 0 saturated heterocycles. The molecular weight excluding hydrogens is 168 g/mol. The molecule has 0 aliphatic carbocycles. The maximum absolute atomic E-state index is 2.47. The van der Waals surface area contributed by atoms with Gasteiger partial charge in [0.15, 0.2) is 0 Å². The second-order valence-electron chi connectivity index (χ2n) is 5.85. The van der Waals surface area contributed by atoms with Gasteiger partial charge in [0.2, 0.25) is 0 Å². The summed E-state index contributed by atoms with van der Waals surface area (Å²) in [6.07, 6.45) is 1.30. The minimum atomic E-state index is 0.482. The van der Waals surface area contributed by atoms with E-state index in [1.165, 1.54) is 6.42 Å². The van der Waals surface area contributed by atoms with Crippen molar-refractivity contribution in [1.82, 2.24) is 0 Å². The lowest BCUT2D eigenvalue weighted by atomic mass is 9.59. The first-order valence-electron chi connectivity index (χ1n) is 6.28. The molecule has 0 aliphatic heterocycles. The molecule has 2 atom stereocenters. The molecule has 0 heteroatoms. The fraction of sp³-hybridized carbons (Fsp3) is 1.00. The van der Waals surface area contributed by atoms with E-state index in [0.29, 0.717) is 5.41 Å². The summed E-state index contributed by atoms with van der Waals surface area (Å²) in [5.74, 6) is 3.19. The molecule has 0 aromatic rings. The molecule has 0 bridgehead atoms. The topological polar surface area (TPSA) is 0 Å². The van der Waals surface area contributed by atoms with Crippen LogP contribution in [0.4, 0.5) is 0 Å². The van der Waals surface area contributed by atoms with Gasteiger partial charge >= 0.3 is 0 Å². The first kappa shape index (κ1) is 14.0. The first-order valence-corrected chi connectivity index (χ1v) is 6.28. The Balaban J connectivity index is 4.82. The van der Waals surface area contributed by atoms with Crippen molar-refractivity contribution in [2.75, 3.05) is 0 Å². The molecule has 0 rings (SSSR count). The second kappa shape index (κ2) is 5.19. The Morgan fingerprint density at radius 3 is 1.43 bits per heavy atom. The summed E-state index contributed by atoms with van der Waals surface area (Å²) in [7, 11) is 0. The summed E-state index contributed by atoms with van der Waals surface area (Å²) in [6.45, 7) is 19.1. The van der Waals surface area contributed by atoms with Crippen molar-refractivity contribution in [2.24, 2.45) is 29.1 Å². The Morgan fingerprint density at radius 1 is 0.857 bits per heavy atom. The molecule has 14 heavy (non-hydrogen) atoms. The molecule has 0 spiro atoms. The van der Waals surface area contributed by atoms with Crippen LogP contribution in [0.3, 0.4) is 0 Å². The van der Waals surface area contributed by atoms with E-state index in [9.17, 15) is 0 Å². The van der Waals surface area contributed by atoms with Crippen LogP contribution in [0.25, 0.3) is 0 Å². The molecule has 0 aliphatic rings. The predicted molar refractivity (Wildman–Crippen MR) is 66.4 cm³/mol. The zero-order valence-corrected chi connectivity index (χ0v) is 11.5. The van der Waals surface area contributed by atoms with Crippen LogP contribution in [0, 0.1) is 29.1 Å². The van der Waals surface area contributed by atoms with Crippen LogP contribution < -0.4 is 0 Å². The molecule has 0 fully saturated rings. The molecule has 0 aromatic heterocycles. The highest BCUT2D eigenvalue weighted by molar-refractivity contribution is 4.87. The Labute approximate surface area is 91.5 Å². The largest absolute Gasteiger partial charge is 0.0651 e. The third-order valence-corrected chi connectivity index (χ3v) is 4.97. The lowest BCUT2D eigenvalue weighted by molar-refractivity contribution is 0.0305. The average Bonchev–Trinajstić information content (AvgIpc) is 2.13. The minimum absolute atomic E-state index is 0.482. The van der Waals surface area contributed by atoms with Crippen molar-refractivity contribution >= 4 is 0 Å². The van der Waals surface area contributed by atoms with Crippen LogP contribution in [-0.4, -0.2) is 0 Å². The van der Waals surface area contributed by atoms with E-state index in [1.807, 2.05) is 0 Å². The first-order chi connectivity index (χ1) is 6.28. The molecular formula is C14H30. The monoisotopic (exact) mass is 198 g/mol. The minimum Gasteiger partial charge on any atom is -0.0651 e. The van der Waals surface area contributed by atoms with E-state index in [4.69, 9.17) is 0 Å². The molecule has 0 nitrogen and oxygen atoms in total. The zero-order valence-electron chi connectivity index (χ0n) is 11.5. The summed E-state index contributed by atoms with van der Waals surface area (Å²) in [4.78, 5) is 0. The van der Waals surface area contributed by atoms with E-state index >= 15 is 0 Å². The van der Waals surface area contributed by atoms with Gasteiger partial charge in [-0.15, -0.1) is 0 Å². The molecule has 2 unspecified atom stereocenters. The van der Waals surface area contributed by atoms with Gasteiger partial charge in [0.25, 0.3) is 0 Å². The molecule has 0 amide bonds. The van der Waals surface area contributed by atoms with Gasteiger partial charge in [0.1, 0.15) is 0 Å². The summed E-state index contributed by atoms with van der Waals surface area (Å²) in [6, 6.07) is 0. The van der Waals surface area contributed by atoms with Gasteiger partial charge in [-0.05, 0) is 29.1 Å². The van der Waals surface area contributed by atoms with E-state index in [0.717, 1.165) is 23.7 Å². The van der Waals surface area contributed by atoms with Crippen molar-refractivity contribution in [3.05, 3.63) is 0 Å². The Kier molecular flexibility index (Phi) is 5.19. The fourth-order valence-electron chi connectivity index (χ4n) is 2.68. The molecule has 0 radical (unpaired) electrons. The Hall–Kier alpha value is 0. The van der Waals surface area contributed by atoms with Crippen LogP contribution in [0.1, 0.15) is 61.8 Å². The quantitative estimate of drug-likeness (QED) is 0.584. The molecule has 0 N–H and O–H groups in total. The Bertz CT molecular complexity index is 147. The van der Waals surface area contributed by atoms with Gasteiger partial charge in [0, 0.05) is 0 Å². The molecule has 0 saturated carbocycles. The normalized spacial score (nSPS) is 17.6. The standard InChI is InChI=1S/C14H30/c1-9-12(6)13(7)14(8,10(2)3)11(4)5/h10-13H,9H2,1-8H3. The number of rotatable bonds is 5. The number of hydrogen-bond acceptors (Lipinski definition) is 0. The molecule has 0 aromatic carbocycles. The van der Waals surface area contributed by atoms with E-state index < -0.39 is 0 Å². The van der Waals surface area contributed by atoms with Crippen molar-refractivity contribution < 1.29 is 0 Å². The molecule has 86 valence electrons. The van der Waals surface area contributed by atoms with E-state index in [1.54, 1.807) is 0 Å². The summed E-state index contributed by atoms with van der Waals surface area (Å²) >= 11 is 0. The predicted octanol–water partition coefficient (Wildman–Crippen LogP) is 4.99. The van der Waals surface area contributed by atoms with E-state index in [2.05, 4.69) is 55.4 Å². The third kappa shape index (κ3) is 2.52. The van der Waals surface area contributed by atoms with Gasteiger partial charge in [-0.25, -0.2) is 0 Å². The van der Waals surface area contributed by atoms with Crippen LogP contribution in [0.15, 0.2) is 0 Å². The van der Waals surface area contributed by atoms with Crippen molar-refractivity contribution in [1.29, 1.82) is 0 Å². The van der Waals surface area contributed by atoms with Crippen LogP contribution in [-0.2, 0) is 0 Å². The number of hydrogen-bond donors (Lipinski definition) is 0. The molecule has 0 heterocycles. The summed E-state index contributed by atoms with van der Waals surface area (Å²) < 4.78 is 0. The highest BCUT2D eigenvalue weighted by Gasteiger charge is 2.39. The summed E-state index contributed by atoms with van der Waals surface area (Å²) in [5, 5.41) is 0. The van der Waals surface area contributed by atoms with Gasteiger partial charge in [-0.2, -0.15) is 0 Å². The van der Waals surface area contributed by atoms with Crippen molar-refractivity contribution in [2.45, 2.75) is 61.8 Å². The van der Waals surface area contributed by atoms with E-state index in [-0.39, 0.29) is 0 Å². The van der Waals surface area contributed by atoms with Crippen molar-refractivity contribution in [3.8, 4) is 0 Å². The van der Waals surface area contributed by atoms with Gasteiger partial charge in [-0.1, -0.05) is 61.8 Å². The maximum Gasteiger partial charge on any atom is -0.0252 e. The fourth-order valence-corrected chi connectivity index (χ4v) is 2.68. The van der Waals surface area contributed by atoms with Crippen LogP contribution in [0.5, 0.6) is 0 Å². The maximum atomic E-state index is 2.47. The second-order valence-corrected chi connectivity index (χ2v) is 5.85. The van der Waals surface area contributed by atoms with Crippen LogP contribution in [0.2, 0.25) is 0 Å².